The minimum absolute atomic E-state index is 0.546. The molecule has 2 heterocycles. The summed E-state index contributed by atoms with van der Waals surface area (Å²) in [5.74, 6) is 0.773. The Morgan fingerprint density at radius 1 is 1.24 bits per heavy atom. The Morgan fingerprint density at radius 2 is 2.19 bits per heavy atom. The molecule has 3 heteroatoms. The molecule has 0 saturated carbocycles. The number of hydrogen-bond acceptors (Lipinski definition) is 3. The summed E-state index contributed by atoms with van der Waals surface area (Å²) in [4.78, 5) is 0. The second kappa shape index (κ2) is 7.28. The van der Waals surface area contributed by atoms with Crippen LogP contribution in [-0.4, -0.2) is 26.2 Å². The van der Waals surface area contributed by atoms with Crippen LogP contribution in [0, 0.1) is 5.92 Å². The summed E-state index contributed by atoms with van der Waals surface area (Å²) in [6, 6.07) is 7.61. The Labute approximate surface area is 128 Å². The zero-order valence-electron chi connectivity index (χ0n) is 13.3. The first kappa shape index (κ1) is 14.9. The lowest BCUT2D eigenvalue weighted by molar-refractivity contribution is 0.512. The molecule has 2 aliphatic rings. The van der Waals surface area contributed by atoms with Crippen molar-refractivity contribution in [3.63, 3.8) is 0 Å². The Morgan fingerprint density at radius 3 is 3.10 bits per heavy atom. The maximum atomic E-state index is 3.71. The molecule has 0 bridgehead atoms. The fourth-order valence-electron chi connectivity index (χ4n) is 3.62. The van der Waals surface area contributed by atoms with Crippen LogP contribution in [0.4, 0.5) is 5.69 Å². The smallest absolute Gasteiger partial charge is 0.0372 e. The highest BCUT2D eigenvalue weighted by Crippen LogP contribution is 2.30. The number of fused-ring (bicyclic) bond motifs is 1. The van der Waals surface area contributed by atoms with Crippen LogP contribution >= 0.6 is 0 Å². The number of nitrogens with one attached hydrogen (secondary N) is 3. The van der Waals surface area contributed by atoms with Gasteiger partial charge in [0.15, 0.2) is 0 Å². The van der Waals surface area contributed by atoms with Crippen molar-refractivity contribution in [1.82, 2.24) is 10.6 Å². The molecule has 0 amide bonds. The van der Waals surface area contributed by atoms with Gasteiger partial charge in [-0.05, 0) is 68.4 Å². The van der Waals surface area contributed by atoms with Gasteiger partial charge in [-0.25, -0.2) is 0 Å². The second-order valence-electron chi connectivity index (χ2n) is 6.52. The van der Waals surface area contributed by atoms with Crippen LogP contribution in [0.5, 0.6) is 0 Å². The normalized spacial score (nSPS) is 25.8. The van der Waals surface area contributed by atoms with E-state index < -0.39 is 0 Å². The minimum atomic E-state index is 0.546. The first-order valence-electron chi connectivity index (χ1n) is 8.67. The van der Waals surface area contributed by atoms with Gasteiger partial charge in [0.1, 0.15) is 0 Å². The standard InChI is InChI=1S/C18H29N3/c1-2-19-12-14-10-18(21-13-14)16-7-8-17-15(11-16)6-4-3-5-9-20-17/h7-8,11,14,18-21H,2-6,9-10,12-13H2,1H3. The van der Waals surface area contributed by atoms with Gasteiger partial charge in [-0.3, -0.25) is 0 Å². The third kappa shape index (κ3) is 3.78. The van der Waals surface area contributed by atoms with Gasteiger partial charge in [-0.15, -0.1) is 0 Å². The monoisotopic (exact) mass is 287 g/mol. The molecular weight excluding hydrogens is 258 g/mol. The van der Waals surface area contributed by atoms with E-state index in [4.69, 9.17) is 0 Å². The van der Waals surface area contributed by atoms with Crippen molar-refractivity contribution in [2.24, 2.45) is 5.92 Å². The quantitative estimate of drug-likeness (QED) is 0.796. The molecule has 3 nitrogen and oxygen atoms in total. The number of aryl methyl sites for hydroxylation is 1. The molecule has 2 unspecified atom stereocenters. The number of benzene rings is 1. The molecule has 0 radical (unpaired) electrons. The van der Waals surface area contributed by atoms with E-state index in [2.05, 4.69) is 41.1 Å². The molecule has 3 N–H and O–H groups in total. The van der Waals surface area contributed by atoms with Crippen LogP contribution in [0.1, 0.15) is 49.8 Å². The summed E-state index contributed by atoms with van der Waals surface area (Å²) in [6.45, 7) is 6.67. The van der Waals surface area contributed by atoms with E-state index in [1.165, 1.54) is 48.9 Å². The highest BCUT2D eigenvalue weighted by molar-refractivity contribution is 5.53. The number of anilines is 1. The molecule has 0 aromatic heterocycles. The van der Waals surface area contributed by atoms with Gasteiger partial charge in [-0.2, -0.15) is 0 Å². The van der Waals surface area contributed by atoms with Crippen LogP contribution in [-0.2, 0) is 6.42 Å². The Balaban J connectivity index is 1.67. The van der Waals surface area contributed by atoms with E-state index in [1.807, 2.05) is 0 Å². The van der Waals surface area contributed by atoms with Gasteiger partial charge in [0.2, 0.25) is 0 Å². The minimum Gasteiger partial charge on any atom is -0.385 e. The molecule has 1 saturated heterocycles. The van der Waals surface area contributed by atoms with Gasteiger partial charge < -0.3 is 16.0 Å². The third-order valence-electron chi connectivity index (χ3n) is 4.87. The van der Waals surface area contributed by atoms with Crippen molar-refractivity contribution in [3.05, 3.63) is 29.3 Å². The van der Waals surface area contributed by atoms with E-state index in [1.54, 1.807) is 0 Å². The summed E-state index contributed by atoms with van der Waals surface area (Å²) in [5, 5.41) is 10.8. The molecule has 21 heavy (non-hydrogen) atoms. The van der Waals surface area contributed by atoms with Crippen LogP contribution in [0.3, 0.4) is 0 Å². The summed E-state index contributed by atoms with van der Waals surface area (Å²) in [7, 11) is 0. The lowest BCUT2D eigenvalue weighted by Gasteiger charge is -2.19. The van der Waals surface area contributed by atoms with Crippen molar-refractivity contribution in [2.75, 3.05) is 31.5 Å². The van der Waals surface area contributed by atoms with Gasteiger partial charge in [-0.1, -0.05) is 25.5 Å². The topological polar surface area (TPSA) is 36.1 Å². The zero-order valence-corrected chi connectivity index (χ0v) is 13.3. The Kier molecular flexibility index (Phi) is 5.15. The van der Waals surface area contributed by atoms with E-state index in [9.17, 15) is 0 Å². The molecule has 1 fully saturated rings. The molecule has 2 atom stereocenters. The van der Waals surface area contributed by atoms with Crippen LogP contribution < -0.4 is 16.0 Å². The van der Waals surface area contributed by atoms with Crippen LogP contribution in [0.15, 0.2) is 18.2 Å². The van der Waals surface area contributed by atoms with Crippen molar-refractivity contribution in [2.45, 2.75) is 45.1 Å². The molecule has 116 valence electrons. The highest BCUT2D eigenvalue weighted by atomic mass is 15.0. The Bertz CT molecular complexity index is 458. The lowest BCUT2D eigenvalue weighted by atomic mass is 9.95. The first-order chi connectivity index (χ1) is 10.4. The van der Waals surface area contributed by atoms with E-state index in [-0.39, 0.29) is 0 Å². The molecule has 1 aromatic carbocycles. The molecule has 2 aliphatic heterocycles. The summed E-state index contributed by atoms with van der Waals surface area (Å²) >= 11 is 0. The van der Waals surface area contributed by atoms with Crippen molar-refractivity contribution >= 4 is 5.69 Å². The Hall–Kier alpha value is -1.06. The average molecular weight is 287 g/mol. The molecular formula is C18H29N3. The van der Waals surface area contributed by atoms with Gasteiger partial charge in [0, 0.05) is 18.3 Å². The maximum absolute atomic E-state index is 3.71. The van der Waals surface area contributed by atoms with Crippen molar-refractivity contribution in [1.29, 1.82) is 0 Å². The lowest BCUT2D eigenvalue weighted by Crippen LogP contribution is -2.23. The average Bonchev–Trinajstić information content (AvgIpc) is 2.94. The van der Waals surface area contributed by atoms with E-state index >= 15 is 0 Å². The van der Waals surface area contributed by atoms with Crippen LogP contribution in [0.2, 0.25) is 0 Å². The van der Waals surface area contributed by atoms with Gasteiger partial charge >= 0.3 is 0 Å². The maximum Gasteiger partial charge on any atom is 0.0372 e. The summed E-state index contributed by atoms with van der Waals surface area (Å²) < 4.78 is 0. The third-order valence-corrected chi connectivity index (χ3v) is 4.87. The van der Waals surface area contributed by atoms with Crippen molar-refractivity contribution in [3.8, 4) is 0 Å². The molecule has 1 aromatic rings. The van der Waals surface area contributed by atoms with Gasteiger partial charge in [0.25, 0.3) is 0 Å². The van der Waals surface area contributed by atoms with E-state index in [0.717, 1.165) is 32.1 Å². The number of hydrogen-bond donors (Lipinski definition) is 3. The van der Waals surface area contributed by atoms with E-state index in [0.29, 0.717) is 6.04 Å². The van der Waals surface area contributed by atoms with Gasteiger partial charge in [0.05, 0.1) is 0 Å². The second-order valence-corrected chi connectivity index (χ2v) is 6.52. The molecule has 0 spiro atoms. The predicted octanol–water partition coefficient (Wildman–Crippen LogP) is 3.09. The highest BCUT2D eigenvalue weighted by Gasteiger charge is 2.25. The van der Waals surface area contributed by atoms with Crippen molar-refractivity contribution < 1.29 is 0 Å². The fourth-order valence-corrected chi connectivity index (χ4v) is 3.62. The molecule has 3 rings (SSSR count). The zero-order chi connectivity index (χ0) is 14.5. The largest absolute Gasteiger partial charge is 0.385 e. The SMILES string of the molecule is CCNCC1CNC(c2ccc3c(c2)CCCCCN3)C1. The first-order valence-corrected chi connectivity index (χ1v) is 8.67. The fraction of sp³-hybridized carbons (Fsp3) is 0.667. The number of rotatable bonds is 4. The summed E-state index contributed by atoms with van der Waals surface area (Å²) in [6.07, 6.45) is 6.47. The van der Waals surface area contributed by atoms with Crippen LogP contribution in [0.25, 0.3) is 0 Å². The summed E-state index contributed by atoms with van der Waals surface area (Å²) in [5.41, 5.74) is 4.36. The molecule has 0 aliphatic carbocycles. The predicted molar refractivity (Wildman–Crippen MR) is 89.9 cm³/mol.